The van der Waals surface area contributed by atoms with E-state index >= 15 is 0 Å². The molecule has 0 radical (unpaired) electrons. The van der Waals surface area contributed by atoms with Crippen LogP contribution >= 0.6 is 0 Å². The van der Waals surface area contributed by atoms with E-state index in [4.69, 9.17) is 19.0 Å². The van der Waals surface area contributed by atoms with Crippen LogP contribution < -0.4 is 14.2 Å². The molecule has 7 nitrogen and oxygen atoms in total. The minimum absolute atomic E-state index is 0.364. The first-order valence-corrected chi connectivity index (χ1v) is 11.5. The molecule has 0 bridgehead atoms. The van der Waals surface area contributed by atoms with Crippen molar-refractivity contribution in [1.29, 1.82) is 0 Å². The minimum atomic E-state index is 0.364. The van der Waals surface area contributed by atoms with Crippen LogP contribution in [-0.4, -0.2) is 57.1 Å². The summed E-state index contributed by atoms with van der Waals surface area (Å²) in [4.78, 5) is 11.5. The fourth-order valence-corrected chi connectivity index (χ4v) is 4.39. The zero-order chi connectivity index (χ0) is 24.4. The summed E-state index contributed by atoms with van der Waals surface area (Å²) in [6.45, 7) is 1.81. The Morgan fingerprint density at radius 1 is 0.857 bits per heavy atom. The molecule has 0 atom stereocenters. The van der Waals surface area contributed by atoms with Gasteiger partial charge < -0.3 is 28.9 Å². The molecule has 35 heavy (non-hydrogen) atoms. The van der Waals surface area contributed by atoms with Gasteiger partial charge in [0.1, 0.15) is 36.2 Å². The summed E-state index contributed by atoms with van der Waals surface area (Å²) in [5, 5.41) is 5.64. The molecule has 1 aromatic heterocycles. The van der Waals surface area contributed by atoms with E-state index in [1.54, 1.807) is 14.2 Å². The van der Waals surface area contributed by atoms with Gasteiger partial charge in [-0.15, -0.1) is 0 Å². The molecular formula is C28H29N3O4. The third kappa shape index (κ3) is 4.31. The SMILES string of the molecule is COc1ccc(OC)c2c1C(=NOCc1ccccc1)c1c-2[nH]c2ccc(OCCN(C)C)cc12. The highest BCUT2D eigenvalue weighted by molar-refractivity contribution is 6.31. The van der Waals surface area contributed by atoms with Crippen molar-refractivity contribution < 1.29 is 19.0 Å². The number of hydrogen-bond acceptors (Lipinski definition) is 6. The molecule has 5 rings (SSSR count). The lowest BCUT2D eigenvalue weighted by Crippen LogP contribution is -2.19. The van der Waals surface area contributed by atoms with E-state index in [2.05, 4.69) is 21.1 Å². The molecular weight excluding hydrogens is 442 g/mol. The van der Waals surface area contributed by atoms with Crippen molar-refractivity contribution in [3.63, 3.8) is 0 Å². The van der Waals surface area contributed by atoms with Crippen LogP contribution in [0.4, 0.5) is 0 Å². The van der Waals surface area contributed by atoms with Crippen LogP contribution in [0.5, 0.6) is 17.2 Å². The van der Waals surface area contributed by atoms with Gasteiger partial charge in [0.2, 0.25) is 0 Å². The highest BCUT2D eigenvalue weighted by Crippen LogP contribution is 2.49. The first-order chi connectivity index (χ1) is 17.1. The lowest BCUT2D eigenvalue weighted by Gasteiger charge is -2.13. The number of oxime groups is 1. The average molecular weight is 472 g/mol. The molecule has 0 aliphatic heterocycles. The van der Waals surface area contributed by atoms with Crippen LogP contribution in [0.2, 0.25) is 0 Å². The second kappa shape index (κ2) is 9.72. The molecule has 1 aliphatic carbocycles. The van der Waals surface area contributed by atoms with Gasteiger partial charge in [-0.1, -0.05) is 35.5 Å². The quantitative estimate of drug-likeness (QED) is 0.304. The first kappa shape index (κ1) is 22.8. The third-order valence-corrected chi connectivity index (χ3v) is 6.10. The molecule has 0 saturated heterocycles. The normalized spacial score (nSPS) is 13.2. The van der Waals surface area contributed by atoms with Gasteiger partial charge in [0.25, 0.3) is 0 Å². The zero-order valence-corrected chi connectivity index (χ0v) is 20.4. The molecule has 3 aromatic carbocycles. The number of ether oxygens (including phenoxy) is 3. The molecule has 7 heteroatoms. The molecule has 1 aliphatic rings. The van der Waals surface area contributed by atoms with Crippen molar-refractivity contribution in [3.05, 3.63) is 77.4 Å². The maximum Gasteiger partial charge on any atom is 0.142 e. The summed E-state index contributed by atoms with van der Waals surface area (Å²) in [5.74, 6) is 2.25. The van der Waals surface area contributed by atoms with Crippen molar-refractivity contribution >= 4 is 16.6 Å². The van der Waals surface area contributed by atoms with Gasteiger partial charge in [-0.05, 0) is 50.0 Å². The fourth-order valence-electron chi connectivity index (χ4n) is 4.39. The van der Waals surface area contributed by atoms with Gasteiger partial charge >= 0.3 is 0 Å². The molecule has 0 saturated carbocycles. The summed E-state index contributed by atoms with van der Waals surface area (Å²) < 4.78 is 17.5. The molecule has 0 amide bonds. The van der Waals surface area contributed by atoms with Gasteiger partial charge in [-0.25, -0.2) is 0 Å². The van der Waals surface area contributed by atoms with E-state index in [1.165, 1.54) is 0 Å². The predicted octanol–water partition coefficient (Wildman–Crippen LogP) is 5.08. The van der Waals surface area contributed by atoms with Crippen molar-refractivity contribution in [2.24, 2.45) is 5.16 Å². The second-order valence-corrected chi connectivity index (χ2v) is 8.65. The van der Waals surface area contributed by atoms with Crippen molar-refractivity contribution in [2.75, 3.05) is 41.5 Å². The Bertz CT molecular complexity index is 1380. The summed E-state index contributed by atoms with van der Waals surface area (Å²) >= 11 is 0. The number of methoxy groups -OCH3 is 2. The monoisotopic (exact) mass is 471 g/mol. The molecule has 180 valence electrons. The third-order valence-electron chi connectivity index (χ3n) is 6.10. The smallest absolute Gasteiger partial charge is 0.142 e. The Hall–Kier alpha value is -3.97. The van der Waals surface area contributed by atoms with E-state index in [1.807, 2.05) is 68.7 Å². The largest absolute Gasteiger partial charge is 0.496 e. The molecule has 0 fully saturated rings. The summed E-state index contributed by atoms with van der Waals surface area (Å²) in [5.41, 5.74) is 6.38. The fraction of sp³-hybridized carbons (Fsp3) is 0.250. The van der Waals surface area contributed by atoms with Crippen molar-refractivity contribution in [1.82, 2.24) is 9.88 Å². The number of aromatic amines is 1. The summed E-state index contributed by atoms with van der Waals surface area (Å²) in [6.07, 6.45) is 0. The standard InChI is InChI=1S/C28H29N3O4/c1-31(2)14-15-34-19-10-11-21-20(16-19)24-27(29-21)25-22(32-3)12-13-23(33-4)26(25)28(24)30-35-17-18-8-6-5-7-9-18/h5-13,16,29H,14-15,17H2,1-4H3. The maximum absolute atomic E-state index is 6.02. The summed E-state index contributed by atoms with van der Waals surface area (Å²) in [7, 11) is 7.39. The number of H-pyrrole nitrogens is 1. The number of hydrogen-bond donors (Lipinski definition) is 1. The number of aromatic nitrogens is 1. The van der Waals surface area contributed by atoms with Gasteiger partial charge in [-0.2, -0.15) is 0 Å². The Morgan fingerprint density at radius 3 is 2.31 bits per heavy atom. The number of benzene rings is 3. The first-order valence-electron chi connectivity index (χ1n) is 11.5. The Balaban J connectivity index is 1.61. The summed E-state index contributed by atoms with van der Waals surface area (Å²) in [6, 6.07) is 19.9. The molecule has 1 heterocycles. The van der Waals surface area contributed by atoms with Crippen LogP contribution in [0.25, 0.3) is 22.2 Å². The second-order valence-electron chi connectivity index (χ2n) is 8.65. The Morgan fingerprint density at radius 2 is 1.60 bits per heavy atom. The average Bonchev–Trinajstić information content (AvgIpc) is 3.39. The topological polar surface area (TPSA) is 68.3 Å². The van der Waals surface area contributed by atoms with Crippen LogP contribution in [0.15, 0.2) is 65.8 Å². The van der Waals surface area contributed by atoms with Gasteiger partial charge in [-0.3, -0.25) is 0 Å². The van der Waals surface area contributed by atoms with E-state index in [0.717, 1.165) is 56.9 Å². The Labute approximate surface area is 204 Å². The number of likely N-dealkylation sites (N-methyl/N-ethyl adjacent to an activating group) is 1. The van der Waals surface area contributed by atoms with Gasteiger partial charge in [0.05, 0.1) is 31.0 Å². The number of nitrogens with one attached hydrogen (secondary N) is 1. The predicted molar refractivity (Wildman–Crippen MR) is 138 cm³/mol. The van der Waals surface area contributed by atoms with Crippen LogP contribution in [0.3, 0.4) is 0 Å². The van der Waals surface area contributed by atoms with E-state index in [9.17, 15) is 0 Å². The van der Waals surface area contributed by atoms with E-state index in [-0.39, 0.29) is 0 Å². The lowest BCUT2D eigenvalue weighted by molar-refractivity contribution is 0.131. The van der Waals surface area contributed by atoms with E-state index < -0.39 is 0 Å². The minimum Gasteiger partial charge on any atom is -0.496 e. The van der Waals surface area contributed by atoms with Crippen LogP contribution in [0, 0.1) is 0 Å². The molecule has 1 N–H and O–H groups in total. The van der Waals surface area contributed by atoms with Crippen molar-refractivity contribution in [2.45, 2.75) is 6.61 Å². The molecule has 0 spiro atoms. The number of fused-ring (bicyclic) bond motifs is 5. The van der Waals surface area contributed by atoms with Crippen LogP contribution in [-0.2, 0) is 11.4 Å². The van der Waals surface area contributed by atoms with Gasteiger partial charge in [0.15, 0.2) is 0 Å². The maximum atomic E-state index is 6.02. The highest BCUT2D eigenvalue weighted by atomic mass is 16.6. The van der Waals surface area contributed by atoms with E-state index in [0.29, 0.717) is 24.7 Å². The van der Waals surface area contributed by atoms with Gasteiger partial charge in [0, 0.05) is 23.0 Å². The highest BCUT2D eigenvalue weighted by Gasteiger charge is 2.35. The molecule has 4 aromatic rings. The zero-order valence-electron chi connectivity index (χ0n) is 20.4. The Kier molecular flexibility index (Phi) is 6.33. The lowest BCUT2D eigenvalue weighted by atomic mass is 10.0. The number of rotatable bonds is 9. The van der Waals surface area contributed by atoms with Crippen LogP contribution in [0.1, 0.15) is 16.7 Å². The number of nitrogens with zero attached hydrogens (tertiary/aromatic N) is 2. The van der Waals surface area contributed by atoms with Crippen molar-refractivity contribution in [3.8, 4) is 28.5 Å². The molecule has 0 unspecified atom stereocenters.